The number of allylic oxidation sites excluding steroid dienone is 1. The van der Waals surface area contributed by atoms with Gasteiger partial charge in [0.05, 0.1) is 6.61 Å². The maximum absolute atomic E-state index is 11.0. The summed E-state index contributed by atoms with van der Waals surface area (Å²) in [5.41, 5.74) is 0.662. The summed E-state index contributed by atoms with van der Waals surface area (Å²) in [6.07, 6.45) is 2.66. The molecule has 3 heteroatoms. The number of carbonyl (C=O) groups is 1. The van der Waals surface area contributed by atoms with E-state index in [0.29, 0.717) is 17.5 Å². The van der Waals surface area contributed by atoms with Crippen LogP contribution in [0, 0.1) is 0 Å². The average molecular weight is 221 g/mol. The number of hydrogen-bond donors (Lipinski definition) is 0. The van der Waals surface area contributed by atoms with Crippen molar-refractivity contribution in [1.82, 2.24) is 0 Å². The molecule has 0 N–H and O–H groups in total. The second-order valence-electron chi connectivity index (χ2n) is 2.18. The molecular formula is C8H13BrO2. The Bertz CT molecular complexity index is 152. The van der Waals surface area contributed by atoms with Gasteiger partial charge in [0.25, 0.3) is 0 Å². The molecule has 0 rings (SSSR count). The van der Waals surface area contributed by atoms with Crippen molar-refractivity contribution in [3.8, 4) is 0 Å². The van der Waals surface area contributed by atoms with Crippen LogP contribution in [0.3, 0.4) is 0 Å². The van der Waals surface area contributed by atoms with Crippen LogP contribution in [0.5, 0.6) is 0 Å². The van der Waals surface area contributed by atoms with Gasteiger partial charge in [-0.15, -0.1) is 0 Å². The predicted molar refractivity (Wildman–Crippen MR) is 48.8 cm³/mol. The van der Waals surface area contributed by atoms with Crippen molar-refractivity contribution in [3.05, 3.63) is 11.6 Å². The molecule has 0 heterocycles. The summed E-state index contributed by atoms with van der Waals surface area (Å²) in [7, 11) is 0. The zero-order valence-corrected chi connectivity index (χ0v) is 8.48. The molecule has 0 aliphatic rings. The highest BCUT2D eigenvalue weighted by atomic mass is 79.9. The number of carbonyl (C=O) groups excluding carboxylic acids is 1. The SMILES string of the molecule is CCCOC(=O)C(C)=CCBr. The molecule has 0 saturated carbocycles. The highest BCUT2D eigenvalue weighted by molar-refractivity contribution is 9.09. The smallest absolute Gasteiger partial charge is 0.333 e. The largest absolute Gasteiger partial charge is 0.462 e. The predicted octanol–water partition coefficient (Wildman–Crippen LogP) is 2.28. The molecule has 11 heavy (non-hydrogen) atoms. The second-order valence-corrected chi connectivity index (χ2v) is 2.82. The van der Waals surface area contributed by atoms with E-state index in [9.17, 15) is 4.79 Å². The Balaban J connectivity index is 3.73. The molecule has 0 bridgehead atoms. The minimum absolute atomic E-state index is 0.216. The fourth-order valence-electron chi connectivity index (χ4n) is 0.508. The molecule has 0 spiro atoms. The van der Waals surface area contributed by atoms with Crippen LogP contribution >= 0.6 is 15.9 Å². The Morgan fingerprint density at radius 2 is 2.27 bits per heavy atom. The van der Waals surface area contributed by atoms with Gasteiger partial charge < -0.3 is 4.74 Å². The van der Waals surface area contributed by atoms with E-state index in [1.54, 1.807) is 13.0 Å². The van der Waals surface area contributed by atoms with Crippen LogP contribution in [0.25, 0.3) is 0 Å². The molecule has 0 aliphatic heterocycles. The Morgan fingerprint density at radius 1 is 1.64 bits per heavy atom. The van der Waals surface area contributed by atoms with E-state index < -0.39 is 0 Å². The van der Waals surface area contributed by atoms with Gasteiger partial charge >= 0.3 is 5.97 Å². The summed E-state index contributed by atoms with van der Waals surface area (Å²) < 4.78 is 4.88. The zero-order valence-electron chi connectivity index (χ0n) is 6.89. The van der Waals surface area contributed by atoms with E-state index in [0.717, 1.165) is 6.42 Å². The van der Waals surface area contributed by atoms with Gasteiger partial charge in [0, 0.05) is 10.9 Å². The van der Waals surface area contributed by atoms with Gasteiger partial charge in [0.15, 0.2) is 0 Å². The standard InChI is InChI=1S/C8H13BrO2/c1-3-6-11-8(10)7(2)4-5-9/h4H,3,5-6H2,1-2H3. The lowest BCUT2D eigenvalue weighted by Crippen LogP contribution is -2.06. The van der Waals surface area contributed by atoms with Gasteiger partial charge in [-0.25, -0.2) is 4.79 Å². The van der Waals surface area contributed by atoms with Crippen LogP contribution in [0.2, 0.25) is 0 Å². The maximum Gasteiger partial charge on any atom is 0.333 e. The number of hydrogen-bond acceptors (Lipinski definition) is 2. The molecular weight excluding hydrogens is 208 g/mol. The molecule has 64 valence electrons. The second kappa shape index (κ2) is 6.40. The van der Waals surface area contributed by atoms with Crippen molar-refractivity contribution in [2.24, 2.45) is 0 Å². The Kier molecular flexibility index (Phi) is 6.22. The topological polar surface area (TPSA) is 26.3 Å². The summed E-state index contributed by atoms with van der Waals surface area (Å²) in [5.74, 6) is -0.216. The van der Waals surface area contributed by atoms with Gasteiger partial charge in [-0.3, -0.25) is 0 Å². The Labute approximate surface area is 75.7 Å². The van der Waals surface area contributed by atoms with Gasteiger partial charge in [-0.1, -0.05) is 28.9 Å². The van der Waals surface area contributed by atoms with Crippen LogP contribution in [-0.4, -0.2) is 17.9 Å². The summed E-state index contributed by atoms with van der Waals surface area (Å²) in [6.45, 7) is 4.22. The molecule has 0 amide bonds. The number of esters is 1. The summed E-state index contributed by atoms with van der Waals surface area (Å²) in [4.78, 5) is 11.0. The van der Waals surface area contributed by atoms with Gasteiger partial charge in [0.2, 0.25) is 0 Å². The first-order chi connectivity index (χ1) is 5.22. The van der Waals surface area contributed by atoms with Crippen LogP contribution < -0.4 is 0 Å². The molecule has 0 radical (unpaired) electrons. The fraction of sp³-hybridized carbons (Fsp3) is 0.625. The van der Waals surface area contributed by atoms with Crippen molar-refractivity contribution in [2.45, 2.75) is 20.3 Å². The third-order valence-corrected chi connectivity index (χ3v) is 1.47. The maximum atomic E-state index is 11.0. The van der Waals surface area contributed by atoms with Gasteiger partial charge in [-0.05, 0) is 13.3 Å². The minimum Gasteiger partial charge on any atom is -0.462 e. The minimum atomic E-state index is -0.216. The van der Waals surface area contributed by atoms with Crippen molar-refractivity contribution in [3.63, 3.8) is 0 Å². The zero-order chi connectivity index (χ0) is 8.69. The quantitative estimate of drug-likeness (QED) is 0.413. The number of rotatable bonds is 4. The van der Waals surface area contributed by atoms with E-state index in [2.05, 4.69) is 15.9 Å². The third-order valence-electron chi connectivity index (χ3n) is 1.14. The monoisotopic (exact) mass is 220 g/mol. The molecule has 0 aromatic heterocycles. The molecule has 0 atom stereocenters. The third kappa shape index (κ3) is 5.01. The van der Waals surface area contributed by atoms with E-state index in [-0.39, 0.29) is 5.97 Å². The van der Waals surface area contributed by atoms with E-state index in [1.807, 2.05) is 6.92 Å². The highest BCUT2D eigenvalue weighted by Gasteiger charge is 2.02. The Morgan fingerprint density at radius 3 is 2.73 bits per heavy atom. The van der Waals surface area contributed by atoms with Crippen LogP contribution in [0.15, 0.2) is 11.6 Å². The average Bonchev–Trinajstić information content (AvgIpc) is 2.00. The lowest BCUT2D eigenvalue weighted by molar-refractivity contribution is -0.138. The number of alkyl halides is 1. The van der Waals surface area contributed by atoms with Crippen molar-refractivity contribution in [2.75, 3.05) is 11.9 Å². The molecule has 0 unspecified atom stereocenters. The molecule has 0 fully saturated rings. The summed E-state index contributed by atoms with van der Waals surface area (Å²) >= 11 is 3.20. The molecule has 0 aliphatic carbocycles. The molecule has 0 aromatic rings. The highest BCUT2D eigenvalue weighted by Crippen LogP contribution is 1.98. The van der Waals surface area contributed by atoms with Gasteiger partial charge in [-0.2, -0.15) is 0 Å². The fourth-order valence-corrected chi connectivity index (χ4v) is 0.993. The summed E-state index contributed by atoms with van der Waals surface area (Å²) in [6, 6.07) is 0. The van der Waals surface area contributed by atoms with Crippen LogP contribution in [0.1, 0.15) is 20.3 Å². The summed E-state index contributed by atoms with van der Waals surface area (Å²) in [5, 5.41) is 0.695. The van der Waals surface area contributed by atoms with Crippen molar-refractivity contribution in [1.29, 1.82) is 0 Å². The van der Waals surface area contributed by atoms with Crippen LogP contribution in [-0.2, 0) is 9.53 Å². The van der Waals surface area contributed by atoms with E-state index in [1.165, 1.54) is 0 Å². The first-order valence-electron chi connectivity index (χ1n) is 3.62. The van der Waals surface area contributed by atoms with Crippen molar-refractivity contribution < 1.29 is 9.53 Å². The Hall–Kier alpha value is -0.310. The van der Waals surface area contributed by atoms with Crippen LogP contribution in [0.4, 0.5) is 0 Å². The van der Waals surface area contributed by atoms with Gasteiger partial charge in [0.1, 0.15) is 0 Å². The molecule has 0 saturated heterocycles. The molecule has 0 aromatic carbocycles. The number of ether oxygens (including phenoxy) is 1. The van der Waals surface area contributed by atoms with E-state index >= 15 is 0 Å². The first kappa shape index (κ1) is 10.7. The van der Waals surface area contributed by atoms with Crippen molar-refractivity contribution >= 4 is 21.9 Å². The number of halogens is 1. The lowest BCUT2D eigenvalue weighted by Gasteiger charge is -2.01. The molecule has 2 nitrogen and oxygen atoms in total. The lowest BCUT2D eigenvalue weighted by atomic mass is 10.3. The normalized spacial score (nSPS) is 11.4. The van der Waals surface area contributed by atoms with E-state index in [4.69, 9.17) is 4.74 Å². The first-order valence-corrected chi connectivity index (χ1v) is 4.74.